The van der Waals surface area contributed by atoms with Crippen LogP contribution in [0.2, 0.25) is 0 Å². The summed E-state index contributed by atoms with van der Waals surface area (Å²) in [6, 6.07) is 17.4. The van der Waals surface area contributed by atoms with E-state index in [1.807, 2.05) is 54.6 Å². The molecule has 4 nitrogen and oxygen atoms in total. The van der Waals surface area contributed by atoms with Crippen molar-refractivity contribution >= 4 is 11.9 Å². The van der Waals surface area contributed by atoms with Gasteiger partial charge in [-0.15, -0.1) is 0 Å². The van der Waals surface area contributed by atoms with E-state index in [4.69, 9.17) is 4.74 Å². The summed E-state index contributed by atoms with van der Waals surface area (Å²) in [5.41, 5.74) is 1.42. The Kier molecular flexibility index (Phi) is 3.46. The van der Waals surface area contributed by atoms with Gasteiger partial charge < -0.3 is 9.84 Å². The highest BCUT2D eigenvalue weighted by Gasteiger charge is 2.63. The standard InChI is InChI=1S/C21H20O4/c1-25-19(24)21(15-7-3-2-4-8-15)13-17(21)14-6-5-9-16(12-14)20(10-11-20)18(22)23/h2-9,12,17H,10-11,13H2,1H3,(H,22,23). The highest BCUT2D eigenvalue weighted by Crippen LogP contribution is 2.61. The number of carboxylic acids is 1. The predicted molar refractivity (Wildman–Crippen MR) is 92.5 cm³/mol. The molecule has 25 heavy (non-hydrogen) atoms. The smallest absolute Gasteiger partial charge is 0.316 e. The van der Waals surface area contributed by atoms with E-state index < -0.39 is 16.8 Å². The van der Waals surface area contributed by atoms with Crippen LogP contribution in [0.4, 0.5) is 0 Å². The second-order valence-electron chi connectivity index (χ2n) is 7.10. The van der Waals surface area contributed by atoms with E-state index in [1.54, 1.807) is 0 Å². The van der Waals surface area contributed by atoms with Gasteiger partial charge in [-0.05, 0) is 36.0 Å². The Morgan fingerprint density at radius 2 is 1.72 bits per heavy atom. The minimum absolute atomic E-state index is 0.0203. The lowest BCUT2D eigenvalue weighted by Gasteiger charge is -2.17. The molecule has 0 saturated heterocycles. The van der Waals surface area contributed by atoms with Crippen LogP contribution in [0.15, 0.2) is 54.6 Å². The Balaban J connectivity index is 1.72. The molecule has 128 valence electrons. The molecule has 2 unspecified atom stereocenters. The van der Waals surface area contributed by atoms with Crippen LogP contribution in [-0.4, -0.2) is 24.2 Å². The molecule has 4 heteroatoms. The van der Waals surface area contributed by atoms with Gasteiger partial charge in [0, 0.05) is 5.92 Å². The molecule has 2 aliphatic carbocycles. The highest BCUT2D eigenvalue weighted by atomic mass is 16.5. The van der Waals surface area contributed by atoms with Crippen molar-refractivity contribution in [3.8, 4) is 0 Å². The number of hydrogen-bond acceptors (Lipinski definition) is 3. The van der Waals surface area contributed by atoms with Gasteiger partial charge in [-0.25, -0.2) is 0 Å². The fourth-order valence-corrected chi connectivity index (χ4v) is 4.05. The van der Waals surface area contributed by atoms with Gasteiger partial charge >= 0.3 is 11.9 Å². The van der Waals surface area contributed by atoms with Crippen molar-refractivity contribution in [3.63, 3.8) is 0 Å². The minimum Gasteiger partial charge on any atom is -0.481 e. The average molecular weight is 336 g/mol. The SMILES string of the molecule is COC(=O)C1(c2ccccc2)CC1c1cccc(C2(C(=O)O)CC2)c1. The second kappa shape index (κ2) is 5.45. The average Bonchev–Trinajstić information content (AvgIpc) is 3.55. The van der Waals surface area contributed by atoms with Gasteiger partial charge in [-0.2, -0.15) is 0 Å². The maximum atomic E-state index is 12.6. The Bertz CT molecular complexity index is 838. The van der Waals surface area contributed by atoms with Gasteiger partial charge in [0.25, 0.3) is 0 Å². The maximum Gasteiger partial charge on any atom is 0.316 e. The van der Waals surface area contributed by atoms with Gasteiger partial charge in [0.15, 0.2) is 0 Å². The van der Waals surface area contributed by atoms with Gasteiger partial charge in [-0.1, -0.05) is 54.6 Å². The van der Waals surface area contributed by atoms with Gasteiger partial charge in [0.05, 0.1) is 12.5 Å². The van der Waals surface area contributed by atoms with Crippen molar-refractivity contribution in [2.24, 2.45) is 0 Å². The normalized spacial score (nSPS) is 25.9. The monoisotopic (exact) mass is 336 g/mol. The van der Waals surface area contributed by atoms with Gasteiger partial charge in [0.1, 0.15) is 5.41 Å². The second-order valence-corrected chi connectivity index (χ2v) is 7.10. The van der Waals surface area contributed by atoms with Crippen LogP contribution in [0.5, 0.6) is 0 Å². The van der Waals surface area contributed by atoms with Crippen molar-refractivity contribution in [2.75, 3.05) is 7.11 Å². The topological polar surface area (TPSA) is 63.6 Å². The van der Waals surface area contributed by atoms with E-state index in [0.29, 0.717) is 19.3 Å². The van der Waals surface area contributed by atoms with Crippen LogP contribution < -0.4 is 0 Å². The zero-order valence-electron chi connectivity index (χ0n) is 14.1. The van der Waals surface area contributed by atoms with E-state index in [9.17, 15) is 14.7 Å². The molecular weight excluding hydrogens is 316 g/mol. The third kappa shape index (κ3) is 2.28. The number of carboxylic acid groups (broad SMARTS) is 1. The molecule has 2 aliphatic rings. The lowest BCUT2D eigenvalue weighted by atomic mass is 9.88. The molecule has 0 amide bonds. The molecular formula is C21H20O4. The lowest BCUT2D eigenvalue weighted by Crippen LogP contribution is -2.24. The lowest BCUT2D eigenvalue weighted by molar-refractivity contribution is -0.144. The summed E-state index contributed by atoms with van der Waals surface area (Å²) < 4.78 is 5.10. The molecule has 1 N–H and O–H groups in total. The summed E-state index contributed by atoms with van der Waals surface area (Å²) in [5.74, 6) is -0.969. The number of esters is 1. The molecule has 2 atom stereocenters. The summed E-state index contributed by atoms with van der Waals surface area (Å²) in [7, 11) is 1.42. The zero-order chi connectivity index (χ0) is 17.7. The van der Waals surface area contributed by atoms with E-state index in [1.165, 1.54) is 7.11 Å². The number of benzene rings is 2. The summed E-state index contributed by atoms with van der Waals surface area (Å²) in [6.07, 6.45) is 2.04. The van der Waals surface area contributed by atoms with Crippen molar-refractivity contribution in [1.29, 1.82) is 0 Å². The van der Waals surface area contributed by atoms with Crippen molar-refractivity contribution < 1.29 is 19.4 Å². The Labute approximate surface area is 146 Å². The molecule has 2 aromatic carbocycles. The summed E-state index contributed by atoms with van der Waals surface area (Å²) >= 11 is 0. The molecule has 0 aliphatic heterocycles. The van der Waals surface area contributed by atoms with E-state index in [0.717, 1.165) is 16.7 Å². The molecule has 2 saturated carbocycles. The quantitative estimate of drug-likeness (QED) is 0.850. The van der Waals surface area contributed by atoms with E-state index in [-0.39, 0.29) is 11.9 Å². The van der Waals surface area contributed by atoms with Crippen molar-refractivity contribution in [3.05, 3.63) is 71.3 Å². The van der Waals surface area contributed by atoms with Crippen LogP contribution in [0.25, 0.3) is 0 Å². The van der Waals surface area contributed by atoms with E-state index >= 15 is 0 Å². The van der Waals surface area contributed by atoms with Crippen molar-refractivity contribution in [1.82, 2.24) is 0 Å². The summed E-state index contributed by atoms with van der Waals surface area (Å²) in [4.78, 5) is 24.2. The first kappa shape index (κ1) is 15.9. The molecule has 0 radical (unpaired) electrons. The highest BCUT2D eigenvalue weighted by molar-refractivity contribution is 5.89. The number of methoxy groups -OCH3 is 1. The molecule has 4 rings (SSSR count). The first-order chi connectivity index (χ1) is 12.0. The number of hydrogen-bond donors (Lipinski definition) is 1. The third-order valence-electron chi connectivity index (χ3n) is 5.80. The molecule has 0 aromatic heterocycles. The molecule has 0 heterocycles. The van der Waals surface area contributed by atoms with Crippen LogP contribution in [0.3, 0.4) is 0 Å². The number of rotatable bonds is 5. The first-order valence-corrected chi connectivity index (χ1v) is 8.52. The number of aliphatic carboxylic acids is 1. The Morgan fingerprint density at radius 1 is 1.04 bits per heavy atom. The largest absolute Gasteiger partial charge is 0.481 e. The summed E-state index contributed by atoms with van der Waals surface area (Å²) in [6.45, 7) is 0. The fourth-order valence-electron chi connectivity index (χ4n) is 4.05. The molecule has 0 spiro atoms. The van der Waals surface area contributed by atoms with E-state index in [2.05, 4.69) is 0 Å². The van der Waals surface area contributed by atoms with Crippen molar-refractivity contribution in [2.45, 2.75) is 36.0 Å². The Morgan fingerprint density at radius 3 is 2.32 bits per heavy atom. The maximum absolute atomic E-state index is 12.6. The number of ether oxygens (including phenoxy) is 1. The minimum atomic E-state index is -0.761. The molecule has 2 aromatic rings. The predicted octanol–water partition coefficient (Wildman–Crippen LogP) is 3.40. The Hall–Kier alpha value is -2.62. The van der Waals surface area contributed by atoms with Gasteiger partial charge in [-0.3, -0.25) is 9.59 Å². The zero-order valence-corrected chi connectivity index (χ0v) is 14.1. The van der Waals surface area contributed by atoms with Gasteiger partial charge in [0.2, 0.25) is 0 Å². The molecule has 0 bridgehead atoms. The van der Waals surface area contributed by atoms with Crippen LogP contribution >= 0.6 is 0 Å². The molecule has 2 fully saturated rings. The number of carbonyl (C=O) groups is 2. The third-order valence-corrected chi connectivity index (χ3v) is 5.80. The summed E-state index contributed by atoms with van der Waals surface area (Å²) in [5, 5.41) is 9.54. The van der Waals surface area contributed by atoms with Crippen LogP contribution in [-0.2, 0) is 25.2 Å². The van der Waals surface area contributed by atoms with Crippen LogP contribution in [0.1, 0.15) is 41.9 Å². The fraction of sp³-hybridized carbons (Fsp3) is 0.333. The first-order valence-electron chi connectivity index (χ1n) is 8.52. The van der Waals surface area contributed by atoms with Crippen LogP contribution in [0, 0.1) is 0 Å². The number of carbonyl (C=O) groups excluding carboxylic acids is 1.